The number of rotatable bonds is 5. The molecule has 4 rings (SSSR count). The van der Waals surface area contributed by atoms with Crippen molar-refractivity contribution in [2.75, 3.05) is 45.7 Å². The second-order valence-electron chi connectivity index (χ2n) is 7.53. The predicted octanol–water partition coefficient (Wildman–Crippen LogP) is 3.28. The van der Waals surface area contributed by atoms with Gasteiger partial charge in [-0.2, -0.15) is 4.98 Å². The van der Waals surface area contributed by atoms with E-state index in [1.807, 2.05) is 6.92 Å². The van der Waals surface area contributed by atoms with Gasteiger partial charge in [0.15, 0.2) is 5.82 Å². The Kier molecular flexibility index (Phi) is 6.70. The molecule has 9 nitrogen and oxygen atoms in total. The van der Waals surface area contributed by atoms with E-state index in [4.69, 9.17) is 9.47 Å². The minimum Gasteiger partial charge on any atom is -0.480 e. The third kappa shape index (κ3) is 4.74. The third-order valence-corrected chi connectivity index (χ3v) is 6.59. The molecule has 11 heteroatoms. The van der Waals surface area contributed by atoms with Gasteiger partial charge < -0.3 is 24.6 Å². The summed E-state index contributed by atoms with van der Waals surface area (Å²) in [4.78, 5) is 39.3. The number of thiophene rings is 1. The third-order valence-electron chi connectivity index (χ3n) is 5.41. The molecule has 1 N–H and O–H groups in total. The van der Waals surface area contributed by atoms with Gasteiger partial charge in [-0.15, -0.1) is 11.3 Å². The van der Waals surface area contributed by atoms with Gasteiger partial charge in [0.05, 0.1) is 17.4 Å². The number of aromatic nitrogens is 2. The molecule has 174 valence electrons. The van der Waals surface area contributed by atoms with Crippen LogP contribution in [-0.2, 0) is 11.3 Å². The van der Waals surface area contributed by atoms with Crippen molar-refractivity contribution in [3.8, 4) is 5.88 Å². The number of benzene rings is 1. The first-order valence-electron chi connectivity index (χ1n) is 10.3. The molecule has 2 aromatic heterocycles. The molecule has 1 aliphatic rings. The summed E-state index contributed by atoms with van der Waals surface area (Å²) in [6, 6.07) is 5.31. The molecule has 1 fully saturated rings. The lowest BCUT2D eigenvalue weighted by Crippen LogP contribution is -2.51. The lowest BCUT2D eigenvalue weighted by Gasteiger charge is -2.34. The van der Waals surface area contributed by atoms with Gasteiger partial charge in [-0.05, 0) is 36.8 Å². The molecule has 3 heterocycles. The minimum atomic E-state index is -0.366. The summed E-state index contributed by atoms with van der Waals surface area (Å²) in [6.45, 7) is 3.70. The SMILES string of the molecule is COCc1nc(OC)c2c(C)c(C(=O)N3CCN(C(=O)Nc4ccc(F)cc4)CC3)sc2n1. The van der Waals surface area contributed by atoms with Gasteiger partial charge in [0, 0.05) is 39.0 Å². The molecule has 0 bridgehead atoms. The summed E-state index contributed by atoms with van der Waals surface area (Å²) in [5.41, 5.74) is 1.29. The Morgan fingerprint density at radius 3 is 2.39 bits per heavy atom. The van der Waals surface area contributed by atoms with E-state index in [1.54, 1.807) is 16.9 Å². The van der Waals surface area contributed by atoms with Crippen LogP contribution in [0.4, 0.5) is 14.9 Å². The number of fused-ring (bicyclic) bond motifs is 1. The Morgan fingerprint density at radius 2 is 1.76 bits per heavy atom. The van der Waals surface area contributed by atoms with E-state index in [0.29, 0.717) is 53.3 Å². The molecule has 0 unspecified atom stereocenters. The van der Waals surface area contributed by atoms with Crippen molar-refractivity contribution in [2.24, 2.45) is 0 Å². The van der Waals surface area contributed by atoms with E-state index in [2.05, 4.69) is 15.3 Å². The first-order chi connectivity index (χ1) is 15.9. The molecule has 0 atom stereocenters. The Hall–Kier alpha value is -3.31. The van der Waals surface area contributed by atoms with Crippen molar-refractivity contribution in [3.05, 3.63) is 46.3 Å². The molecule has 1 saturated heterocycles. The Labute approximate surface area is 194 Å². The van der Waals surface area contributed by atoms with Crippen molar-refractivity contribution in [2.45, 2.75) is 13.5 Å². The fourth-order valence-electron chi connectivity index (χ4n) is 3.68. The van der Waals surface area contributed by atoms with Crippen LogP contribution in [0.2, 0.25) is 0 Å². The molecule has 33 heavy (non-hydrogen) atoms. The number of methoxy groups -OCH3 is 2. The topological polar surface area (TPSA) is 96.9 Å². The smallest absolute Gasteiger partial charge is 0.321 e. The van der Waals surface area contributed by atoms with Crippen LogP contribution in [0.1, 0.15) is 21.1 Å². The summed E-state index contributed by atoms with van der Waals surface area (Å²) in [6.07, 6.45) is 0. The van der Waals surface area contributed by atoms with Crippen molar-refractivity contribution >= 4 is 39.2 Å². The van der Waals surface area contributed by atoms with Crippen LogP contribution < -0.4 is 10.1 Å². The first kappa shape index (κ1) is 22.9. The van der Waals surface area contributed by atoms with Gasteiger partial charge in [-0.3, -0.25) is 4.79 Å². The number of nitrogens with zero attached hydrogens (tertiary/aromatic N) is 4. The fraction of sp³-hybridized carbons (Fsp3) is 0.364. The Bertz CT molecular complexity index is 1180. The Morgan fingerprint density at radius 1 is 1.09 bits per heavy atom. The second-order valence-corrected chi connectivity index (χ2v) is 8.53. The molecule has 1 aromatic carbocycles. The maximum atomic E-state index is 13.3. The van der Waals surface area contributed by atoms with Crippen LogP contribution in [0.25, 0.3) is 10.2 Å². The number of ether oxygens (including phenoxy) is 2. The average Bonchev–Trinajstić information content (AvgIpc) is 3.16. The van der Waals surface area contributed by atoms with E-state index >= 15 is 0 Å². The lowest BCUT2D eigenvalue weighted by atomic mass is 10.2. The number of hydrogen-bond acceptors (Lipinski definition) is 7. The van der Waals surface area contributed by atoms with Crippen LogP contribution in [0.15, 0.2) is 24.3 Å². The number of nitrogens with one attached hydrogen (secondary N) is 1. The van der Waals surface area contributed by atoms with Crippen molar-refractivity contribution in [1.82, 2.24) is 19.8 Å². The van der Waals surface area contributed by atoms with E-state index in [0.717, 1.165) is 10.9 Å². The number of aryl methyl sites for hydroxylation is 1. The number of hydrogen-bond donors (Lipinski definition) is 1. The summed E-state index contributed by atoms with van der Waals surface area (Å²) in [7, 11) is 3.10. The molecular weight excluding hydrogens is 449 g/mol. The van der Waals surface area contributed by atoms with E-state index in [9.17, 15) is 14.0 Å². The van der Waals surface area contributed by atoms with Gasteiger partial charge in [0.25, 0.3) is 5.91 Å². The van der Waals surface area contributed by atoms with Crippen molar-refractivity contribution in [3.63, 3.8) is 0 Å². The molecule has 3 amide bonds. The minimum absolute atomic E-state index is 0.107. The molecule has 1 aliphatic heterocycles. The molecule has 0 saturated carbocycles. The van der Waals surface area contributed by atoms with Gasteiger partial charge in [0.1, 0.15) is 17.3 Å². The van der Waals surface area contributed by atoms with E-state index < -0.39 is 0 Å². The number of anilines is 1. The highest BCUT2D eigenvalue weighted by atomic mass is 32.1. The summed E-state index contributed by atoms with van der Waals surface area (Å²) in [5.74, 6) is 0.435. The standard InChI is InChI=1S/C22H24FN5O4S/c1-13-17-19(32-3)25-16(12-31-2)26-20(17)33-18(13)21(29)27-8-10-28(11-9-27)22(30)24-15-6-4-14(23)5-7-15/h4-7H,8-12H2,1-3H3,(H,24,30). The zero-order chi connectivity index (χ0) is 23.5. The van der Waals surface area contributed by atoms with Crippen molar-refractivity contribution in [1.29, 1.82) is 0 Å². The highest BCUT2D eigenvalue weighted by Gasteiger charge is 2.28. The fourth-order valence-corrected chi connectivity index (χ4v) is 4.84. The number of halogens is 1. The van der Waals surface area contributed by atoms with Crippen LogP contribution in [0.5, 0.6) is 5.88 Å². The number of urea groups is 1. The summed E-state index contributed by atoms with van der Waals surface area (Å²) < 4.78 is 23.6. The quantitative estimate of drug-likeness (QED) is 0.611. The second kappa shape index (κ2) is 9.67. The van der Waals surface area contributed by atoms with Gasteiger partial charge >= 0.3 is 6.03 Å². The van der Waals surface area contributed by atoms with Gasteiger partial charge in [0.2, 0.25) is 5.88 Å². The van der Waals surface area contributed by atoms with E-state index in [-0.39, 0.29) is 24.4 Å². The number of amides is 3. The zero-order valence-corrected chi connectivity index (χ0v) is 19.4. The first-order valence-corrected chi connectivity index (χ1v) is 11.2. The summed E-state index contributed by atoms with van der Waals surface area (Å²) >= 11 is 1.30. The van der Waals surface area contributed by atoms with E-state index in [1.165, 1.54) is 42.7 Å². The highest BCUT2D eigenvalue weighted by molar-refractivity contribution is 7.20. The predicted molar refractivity (Wildman–Crippen MR) is 122 cm³/mol. The molecule has 0 radical (unpaired) electrons. The van der Waals surface area contributed by atoms with Crippen LogP contribution in [-0.4, -0.2) is 72.1 Å². The number of piperazine rings is 1. The van der Waals surface area contributed by atoms with Crippen LogP contribution >= 0.6 is 11.3 Å². The normalized spacial score (nSPS) is 13.9. The van der Waals surface area contributed by atoms with Crippen LogP contribution in [0.3, 0.4) is 0 Å². The lowest BCUT2D eigenvalue weighted by molar-refractivity contribution is 0.0676. The number of carbonyl (C=O) groups excluding carboxylic acids is 2. The van der Waals surface area contributed by atoms with Gasteiger partial charge in [-0.1, -0.05) is 0 Å². The van der Waals surface area contributed by atoms with Gasteiger partial charge in [-0.25, -0.2) is 14.2 Å². The largest absolute Gasteiger partial charge is 0.480 e. The molecule has 3 aromatic rings. The van der Waals surface area contributed by atoms with Crippen LogP contribution in [0, 0.1) is 12.7 Å². The summed E-state index contributed by atoms with van der Waals surface area (Å²) in [5, 5.41) is 3.47. The Balaban J connectivity index is 1.45. The molecular formula is C22H24FN5O4S. The number of carbonyl (C=O) groups is 2. The zero-order valence-electron chi connectivity index (χ0n) is 18.6. The van der Waals surface area contributed by atoms with Crippen molar-refractivity contribution < 1.29 is 23.5 Å². The maximum absolute atomic E-state index is 13.3. The molecule has 0 aliphatic carbocycles. The monoisotopic (exact) mass is 473 g/mol. The maximum Gasteiger partial charge on any atom is 0.321 e. The average molecular weight is 474 g/mol. The molecule has 0 spiro atoms. The highest BCUT2D eigenvalue weighted by Crippen LogP contribution is 2.35.